The molecule has 3 rings (SSSR count). The van der Waals surface area contributed by atoms with E-state index in [0.717, 1.165) is 29.0 Å². The number of rotatable bonds is 2. The average Bonchev–Trinajstić information content (AvgIpc) is 2.90. The Morgan fingerprint density at radius 1 is 1.53 bits per heavy atom. The molecule has 0 bridgehead atoms. The van der Waals surface area contributed by atoms with Crippen molar-refractivity contribution < 1.29 is 9.53 Å². The molecule has 0 aliphatic carbocycles. The number of ether oxygens (including phenoxy) is 1. The maximum atomic E-state index is 11.3. The Labute approximate surface area is 115 Å². The molecule has 0 unspecified atom stereocenters. The smallest absolute Gasteiger partial charge is 0.303 e. The molecule has 1 N–H and O–H groups in total. The van der Waals surface area contributed by atoms with E-state index in [2.05, 4.69) is 9.97 Å². The van der Waals surface area contributed by atoms with Crippen LogP contribution in [0.1, 0.15) is 31.3 Å². The number of aromatic nitrogens is 2. The van der Waals surface area contributed by atoms with Gasteiger partial charge in [0.1, 0.15) is 16.7 Å². The van der Waals surface area contributed by atoms with Gasteiger partial charge in [0, 0.05) is 6.92 Å². The number of fused-ring (bicyclic) bond motifs is 1. The first kappa shape index (κ1) is 12.5. The molecular formula is C14H16N2O2S. The lowest BCUT2D eigenvalue weighted by molar-refractivity contribution is -0.155. The molecule has 1 aromatic heterocycles. The molecule has 1 aliphatic rings. The van der Waals surface area contributed by atoms with Crippen LogP contribution in [0.3, 0.4) is 0 Å². The Bertz CT molecular complexity index is 592. The van der Waals surface area contributed by atoms with Crippen LogP contribution >= 0.6 is 11.8 Å². The fourth-order valence-corrected chi connectivity index (χ4v) is 4.13. The van der Waals surface area contributed by atoms with E-state index in [4.69, 9.17) is 4.74 Å². The molecule has 2 aromatic rings. The number of hydrogen-bond donors (Lipinski definition) is 1. The third kappa shape index (κ3) is 2.23. The van der Waals surface area contributed by atoms with Crippen LogP contribution in [0.5, 0.6) is 0 Å². The van der Waals surface area contributed by atoms with Gasteiger partial charge in [0.25, 0.3) is 0 Å². The first-order chi connectivity index (χ1) is 9.08. The summed E-state index contributed by atoms with van der Waals surface area (Å²) in [6, 6.07) is 7.95. The maximum Gasteiger partial charge on any atom is 0.303 e. The molecule has 2 heterocycles. The molecule has 1 fully saturated rings. The minimum absolute atomic E-state index is 0.0730. The lowest BCUT2D eigenvalue weighted by Gasteiger charge is -2.28. The highest BCUT2D eigenvalue weighted by atomic mass is 32.2. The minimum Gasteiger partial charge on any atom is -0.458 e. The van der Waals surface area contributed by atoms with E-state index in [1.807, 2.05) is 31.2 Å². The minimum atomic E-state index is -0.468. The van der Waals surface area contributed by atoms with E-state index in [1.54, 1.807) is 11.8 Å². The molecule has 0 amide bonds. The number of para-hydroxylation sites is 2. The summed E-state index contributed by atoms with van der Waals surface area (Å²) in [5.41, 5.74) is 1.51. The van der Waals surface area contributed by atoms with Crippen molar-refractivity contribution in [2.24, 2.45) is 0 Å². The highest BCUT2D eigenvalue weighted by Crippen LogP contribution is 2.48. The van der Waals surface area contributed by atoms with Crippen molar-refractivity contribution in [2.45, 2.75) is 31.1 Å². The summed E-state index contributed by atoms with van der Waals surface area (Å²) in [5, 5.41) is 0.0730. The lowest BCUT2D eigenvalue weighted by atomic mass is 9.98. The highest BCUT2D eigenvalue weighted by molar-refractivity contribution is 7.99. The van der Waals surface area contributed by atoms with Gasteiger partial charge >= 0.3 is 5.97 Å². The molecule has 5 heteroatoms. The van der Waals surface area contributed by atoms with Crippen LogP contribution in [0.4, 0.5) is 0 Å². The molecular weight excluding hydrogens is 260 g/mol. The number of aromatic amines is 1. The van der Waals surface area contributed by atoms with Crippen LogP contribution in [0.25, 0.3) is 11.0 Å². The fourth-order valence-electron chi connectivity index (χ4n) is 2.58. The van der Waals surface area contributed by atoms with Crippen molar-refractivity contribution in [2.75, 3.05) is 5.75 Å². The summed E-state index contributed by atoms with van der Waals surface area (Å²) in [7, 11) is 0. The van der Waals surface area contributed by atoms with Crippen molar-refractivity contribution >= 4 is 28.8 Å². The number of nitrogens with zero attached hydrogens (tertiary/aromatic N) is 1. The number of thioether (sulfide) groups is 1. The van der Waals surface area contributed by atoms with E-state index < -0.39 is 5.60 Å². The van der Waals surface area contributed by atoms with Gasteiger partial charge in [0.05, 0.1) is 11.0 Å². The first-order valence-corrected chi connectivity index (χ1v) is 7.39. The summed E-state index contributed by atoms with van der Waals surface area (Å²) in [4.78, 5) is 19.3. The Kier molecular flexibility index (Phi) is 3.01. The summed E-state index contributed by atoms with van der Waals surface area (Å²) in [5.74, 6) is 1.64. The van der Waals surface area contributed by atoms with E-state index in [-0.39, 0.29) is 11.2 Å². The van der Waals surface area contributed by atoms with Crippen LogP contribution in [0.2, 0.25) is 0 Å². The number of imidazole rings is 1. The van der Waals surface area contributed by atoms with E-state index in [0.29, 0.717) is 0 Å². The quantitative estimate of drug-likeness (QED) is 0.856. The Morgan fingerprint density at radius 3 is 3.05 bits per heavy atom. The predicted octanol–water partition coefficient (Wildman–Crippen LogP) is 3.06. The number of H-pyrrole nitrogens is 1. The molecule has 19 heavy (non-hydrogen) atoms. The van der Waals surface area contributed by atoms with Crippen molar-refractivity contribution in [1.29, 1.82) is 0 Å². The van der Waals surface area contributed by atoms with E-state index >= 15 is 0 Å². The fraction of sp³-hybridized carbons (Fsp3) is 0.429. The molecule has 0 spiro atoms. The Morgan fingerprint density at radius 2 is 2.32 bits per heavy atom. The molecule has 1 aromatic carbocycles. The average molecular weight is 276 g/mol. The summed E-state index contributed by atoms with van der Waals surface area (Å²) >= 11 is 1.79. The monoisotopic (exact) mass is 276 g/mol. The topological polar surface area (TPSA) is 55.0 Å². The van der Waals surface area contributed by atoms with Crippen LogP contribution in [0.15, 0.2) is 24.3 Å². The van der Waals surface area contributed by atoms with E-state index in [9.17, 15) is 4.79 Å². The molecule has 0 radical (unpaired) electrons. The van der Waals surface area contributed by atoms with Crippen LogP contribution in [-0.2, 0) is 9.53 Å². The first-order valence-electron chi connectivity index (χ1n) is 6.34. The largest absolute Gasteiger partial charge is 0.458 e. The molecule has 100 valence electrons. The molecule has 1 saturated heterocycles. The molecule has 4 nitrogen and oxygen atoms in total. The molecule has 1 aliphatic heterocycles. The normalized spacial score (nSPS) is 26.7. The zero-order valence-electron chi connectivity index (χ0n) is 11.0. The second-order valence-corrected chi connectivity index (χ2v) is 6.26. The van der Waals surface area contributed by atoms with Gasteiger partial charge in [0.2, 0.25) is 0 Å². The van der Waals surface area contributed by atoms with Gasteiger partial charge in [-0.25, -0.2) is 4.98 Å². The zero-order valence-corrected chi connectivity index (χ0v) is 11.8. The second-order valence-electron chi connectivity index (χ2n) is 5.05. The van der Waals surface area contributed by atoms with Gasteiger partial charge in [-0.1, -0.05) is 12.1 Å². The van der Waals surface area contributed by atoms with Crippen LogP contribution < -0.4 is 0 Å². The number of hydrogen-bond acceptors (Lipinski definition) is 4. The van der Waals surface area contributed by atoms with Gasteiger partial charge in [-0.2, -0.15) is 0 Å². The second kappa shape index (κ2) is 4.56. The van der Waals surface area contributed by atoms with Crippen molar-refractivity contribution in [3.8, 4) is 0 Å². The number of benzene rings is 1. The number of nitrogens with one attached hydrogen (secondary N) is 1. The van der Waals surface area contributed by atoms with Crippen molar-refractivity contribution in [1.82, 2.24) is 9.97 Å². The highest BCUT2D eigenvalue weighted by Gasteiger charge is 2.45. The van der Waals surface area contributed by atoms with Crippen molar-refractivity contribution in [3.05, 3.63) is 30.1 Å². The number of carbonyl (C=O) groups is 1. The van der Waals surface area contributed by atoms with Gasteiger partial charge in [-0.05, 0) is 31.2 Å². The molecule has 2 atom stereocenters. The van der Waals surface area contributed by atoms with Crippen LogP contribution in [-0.4, -0.2) is 27.3 Å². The number of esters is 1. The van der Waals surface area contributed by atoms with Crippen LogP contribution in [0, 0.1) is 0 Å². The Balaban J connectivity index is 1.97. The SMILES string of the molecule is CC(=O)O[C@]1(C)CCS[C@@H]1c1nc2ccccc2[nH]1. The van der Waals surface area contributed by atoms with Crippen molar-refractivity contribution in [3.63, 3.8) is 0 Å². The standard InChI is InChI=1S/C14H16N2O2S/c1-9(17)18-14(2)7-8-19-12(14)13-15-10-5-3-4-6-11(10)16-13/h3-6,12H,7-8H2,1-2H3,(H,15,16)/t12-,14-/m1/s1. The zero-order chi connectivity index (χ0) is 13.5. The lowest BCUT2D eigenvalue weighted by Crippen LogP contribution is -2.33. The summed E-state index contributed by atoms with van der Waals surface area (Å²) < 4.78 is 5.54. The van der Waals surface area contributed by atoms with E-state index in [1.165, 1.54) is 6.92 Å². The third-order valence-electron chi connectivity index (χ3n) is 3.47. The predicted molar refractivity (Wildman–Crippen MR) is 76.1 cm³/mol. The summed E-state index contributed by atoms with van der Waals surface area (Å²) in [6.45, 7) is 3.45. The third-order valence-corrected chi connectivity index (χ3v) is 4.97. The summed E-state index contributed by atoms with van der Waals surface area (Å²) in [6.07, 6.45) is 0.860. The maximum absolute atomic E-state index is 11.3. The van der Waals surface area contributed by atoms with Gasteiger partial charge in [-0.15, -0.1) is 11.8 Å². The Hall–Kier alpha value is -1.49. The van der Waals surface area contributed by atoms with Gasteiger partial charge < -0.3 is 9.72 Å². The number of carbonyl (C=O) groups excluding carboxylic acids is 1. The van der Waals surface area contributed by atoms with Gasteiger partial charge in [0.15, 0.2) is 0 Å². The van der Waals surface area contributed by atoms with Gasteiger partial charge in [-0.3, -0.25) is 4.79 Å². The molecule has 0 saturated carbocycles.